The fourth-order valence-electron chi connectivity index (χ4n) is 3.07. The van der Waals surface area contributed by atoms with Crippen molar-refractivity contribution in [1.29, 1.82) is 0 Å². The van der Waals surface area contributed by atoms with Crippen molar-refractivity contribution in [3.05, 3.63) is 52.8 Å². The van der Waals surface area contributed by atoms with Crippen LogP contribution in [-0.2, 0) is 11.3 Å². The van der Waals surface area contributed by atoms with E-state index in [-0.39, 0.29) is 11.8 Å². The Labute approximate surface area is 141 Å². The van der Waals surface area contributed by atoms with Crippen molar-refractivity contribution in [2.45, 2.75) is 33.4 Å². The van der Waals surface area contributed by atoms with E-state index < -0.39 is 6.04 Å². The van der Waals surface area contributed by atoms with Crippen molar-refractivity contribution in [2.75, 3.05) is 13.1 Å². The smallest absolute Gasteiger partial charge is 0.275 e. The van der Waals surface area contributed by atoms with Gasteiger partial charge in [0.2, 0.25) is 5.91 Å². The van der Waals surface area contributed by atoms with Gasteiger partial charge in [-0.05, 0) is 32.4 Å². The summed E-state index contributed by atoms with van der Waals surface area (Å²) in [7, 11) is 0. The van der Waals surface area contributed by atoms with Crippen molar-refractivity contribution >= 4 is 11.8 Å². The third-order valence-corrected chi connectivity index (χ3v) is 4.39. The van der Waals surface area contributed by atoms with Crippen LogP contribution in [-0.4, -0.2) is 50.9 Å². The number of nitrogens with zero attached hydrogens (tertiary/aromatic N) is 3. The van der Waals surface area contributed by atoms with E-state index in [0.717, 1.165) is 11.3 Å². The molecule has 126 valence electrons. The van der Waals surface area contributed by atoms with Crippen LogP contribution in [0, 0.1) is 13.8 Å². The first kappa shape index (κ1) is 16.2. The Morgan fingerprint density at radius 2 is 2.08 bits per heavy atom. The first-order valence-electron chi connectivity index (χ1n) is 8.13. The molecule has 3 rings (SSSR count). The lowest BCUT2D eigenvalue weighted by Crippen LogP contribution is -2.57. The van der Waals surface area contributed by atoms with Gasteiger partial charge in [-0.2, -0.15) is 5.10 Å². The minimum atomic E-state index is -0.479. The van der Waals surface area contributed by atoms with Crippen LogP contribution in [0.4, 0.5) is 0 Å². The third-order valence-electron chi connectivity index (χ3n) is 4.39. The standard InChI is InChI=1S/C18H22N4O2/c1-12-5-4-6-15(9-12)11-21-7-8-22(14(3)17(21)23)18(24)16-10-13(2)19-20-16/h4-6,9-10,14H,7-8,11H2,1-3H3,(H,19,20). The van der Waals surface area contributed by atoms with E-state index in [2.05, 4.69) is 16.3 Å². The largest absolute Gasteiger partial charge is 0.335 e. The predicted octanol–water partition coefficient (Wildman–Crippen LogP) is 1.90. The van der Waals surface area contributed by atoms with Crippen LogP contribution in [0.2, 0.25) is 0 Å². The molecule has 0 spiro atoms. The van der Waals surface area contributed by atoms with Crippen LogP contribution in [0.25, 0.3) is 0 Å². The van der Waals surface area contributed by atoms with E-state index in [1.807, 2.05) is 36.9 Å². The molecule has 0 bridgehead atoms. The van der Waals surface area contributed by atoms with Gasteiger partial charge in [0.1, 0.15) is 11.7 Å². The second-order valence-electron chi connectivity index (χ2n) is 6.36. The zero-order valence-corrected chi connectivity index (χ0v) is 14.2. The first-order valence-corrected chi connectivity index (χ1v) is 8.13. The molecule has 0 aliphatic carbocycles. The highest BCUT2D eigenvalue weighted by Gasteiger charge is 2.35. The van der Waals surface area contributed by atoms with Gasteiger partial charge in [0.25, 0.3) is 5.91 Å². The molecule has 1 N–H and O–H groups in total. The molecule has 0 saturated carbocycles. The van der Waals surface area contributed by atoms with E-state index in [1.54, 1.807) is 17.9 Å². The Balaban J connectivity index is 1.70. The zero-order valence-electron chi connectivity index (χ0n) is 14.2. The average Bonchev–Trinajstić information content (AvgIpc) is 2.98. The molecule has 1 aromatic carbocycles. The molecule has 24 heavy (non-hydrogen) atoms. The molecule has 0 radical (unpaired) electrons. The molecule has 2 amide bonds. The summed E-state index contributed by atoms with van der Waals surface area (Å²) in [6.07, 6.45) is 0. The minimum Gasteiger partial charge on any atom is -0.335 e. The minimum absolute atomic E-state index is 0.0247. The molecular weight excluding hydrogens is 304 g/mol. The molecule has 1 aliphatic heterocycles. The molecule has 6 heteroatoms. The highest BCUT2D eigenvalue weighted by atomic mass is 16.2. The number of aromatic nitrogens is 2. The van der Waals surface area contributed by atoms with E-state index in [4.69, 9.17) is 0 Å². The molecule has 2 aromatic rings. The molecule has 1 unspecified atom stereocenters. The second kappa shape index (κ2) is 6.47. The fourth-order valence-corrected chi connectivity index (χ4v) is 3.07. The summed E-state index contributed by atoms with van der Waals surface area (Å²) < 4.78 is 0. The monoisotopic (exact) mass is 326 g/mol. The van der Waals surface area contributed by atoms with E-state index >= 15 is 0 Å². The van der Waals surface area contributed by atoms with Crippen molar-refractivity contribution in [1.82, 2.24) is 20.0 Å². The number of H-pyrrole nitrogens is 1. The Kier molecular flexibility index (Phi) is 4.38. The number of hydrogen-bond donors (Lipinski definition) is 1. The van der Waals surface area contributed by atoms with Crippen LogP contribution >= 0.6 is 0 Å². The zero-order chi connectivity index (χ0) is 17.3. The van der Waals surface area contributed by atoms with Crippen LogP contribution in [0.3, 0.4) is 0 Å². The van der Waals surface area contributed by atoms with Crippen LogP contribution in [0.5, 0.6) is 0 Å². The highest BCUT2D eigenvalue weighted by Crippen LogP contribution is 2.17. The van der Waals surface area contributed by atoms with Gasteiger partial charge in [0.15, 0.2) is 0 Å². The molecule has 1 saturated heterocycles. The van der Waals surface area contributed by atoms with Gasteiger partial charge in [-0.25, -0.2) is 0 Å². The number of piperazine rings is 1. The molecular formula is C18H22N4O2. The molecule has 1 atom stereocenters. The van der Waals surface area contributed by atoms with Crippen molar-refractivity contribution in [2.24, 2.45) is 0 Å². The lowest BCUT2D eigenvalue weighted by Gasteiger charge is -2.38. The third kappa shape index (κ3) is 3.18. The number of amides is 2. The Morgan fingerprint density at radius 1 is 1.29 bits per heavy atom. The molecule has 6 nitrogen and oxygen atoms in total. The van der Waals surface area contributed by atoms with Crippen LogP contribution < -0.4 is 0 Å². The summed E-state index contributed by atoms with van der Waals surface area (Å²) in [5.41, 5.74) is 3.48. The highest BCUT2D eigenvalue weighted by molar-refractivity contribution is 5.96. The van der Waals surface area contributed by atoms with Crippen molar-refractivity contribution in [3.8, 4) is 0 Å². The van der Waals surface area contributed by atoms with E-state index in [9.17, 15) is 9.59 Å². The quantitative estimate of drug-likeness (QED) is 0.936. The van der Waals surface area contributed by atoms with Gasteiger partial charge in [-0.3, -0.25) is 14.7 Å². The number of benzene rings is 1. The van der Waals surface area contributed by atoms with Crippen LogP contribution in [0.15, 0.2) is 30.3 Å². The lowest BCUT2D eigenvalue weighted by molar-refractivity contribution is -0.140. The number of aryl methyl sites for hydroxylation is 2. The van der Waals surface area contributed by atoms with Gasteiger partial charge in [-0.1, -0.05) is 29.8 Å². The normalized spacial score (nSPS) is 18.1. The Morgan fingerprint density at radius 3 is 2.75 bits per heavy atom. The molecule has 1 aliphatic rings. The summed E-state index contributed by atoms with van der Waals surface area (Å²) in [4.78, 5) is 28.6. The number of carbonyl (C=O) groups excluding carboxylic acids is 2. The first-order chi connectivity index (χ1) is 11.5. The summed E-state index contributed by atoms with van der Waals surface area (Å²) in [5.74, 6) is -0.223. The van der Waals surface area contributed by atoms with Gasteiger partial charge < -0.3 is 9.80 Å². The van der Waals surface area contributed by atoms with Crippen molar-refractivity contribution in [3.63, 3.8) is 0 Å². The number of carbonyl (C=O) groups is 2. The van der Waals surface area contributed by atoms with E-state index in [0.29, 0.717) is 25.3 Å². The van der Waals surface area contributed by atoms with Crippen LogP contribution in [0.1, 0.15) is 34.2 Å². The maximum atomic E-state index is 12.7. The Bertz CT molecular complexity index is 768. The SMILES string of the molecule is Cc1cccc(CN2CCN(C(=O)c3cc(C)[nH]n3)C(C)C2=O)c1. The topological polar surface area (TPSA) is 69.3 Å². The average molecular weight is 326 g/mol. The summed E-state index contributed by atoms with van der Waals surface area (Å²) in [6.45, 7) is 7.29. The van der Waals surface area contributed by atoms with Gasteiger partial charge in [0, 0.05) is 25.3 Å². The summed E-state index contributed by atoms with van der Waals surface area (Å²) in [6, 6.07) is 9.37. The molecule has 1 aromatic heterocycles. The number of nitrogens with one attached hydrogen (secondary N) is 1. The second-order valence-corrected chi connectivity index (χ2v) is 6.36. The number of rotatable bonds is 3. The fraction of sp³-hybridized carbons (Fsp3) is 0.389. The maximum Gasteiger partial charge on any atom is 0.275 e. The summed E-state index contributed by atoms with van der Waals surface area (Å²) in [5, 5.41) is 6.77. The Hall–Kier alpha value is -2.63. The van der Waals surface area contributed by atoms with Crippen molar-refractivity contribution < 1.29 is 9.59 Å². The van der Waals surface area contributed by atoms with E-state index in [1.165, 1.54) is 5.56 Å². The van der Waals surface area contributed by atoms with Gasteiger partial charge >= 0.3 is 0 Å². The molecule has 1 fully saturated rings. The maximum absolute atomic E-state index is 12.7. The predicted molar refractivity (Wildman–Crippen MR) is 90.4 cm³/mol. The number of aromatic amines is 1. The molecule has 2 heterocycles. The van der Waals surface area contributed by atoms with Gasteiger partial charge in [0.05, 0.1) is 0 Å². The summed E-state index contributed by atoms with van der Waals surface area (Å²) >= 11 is 0. The lowest BCUT2D eigenvalue weighted by atomic mass is 10.1. The van der Waals surface area contributed by atoms with Gasteiger partial charge in [-0.15, -0.1) is 0 Å². The number of hydrogen-bond acceptors (Lipinski definition) is 3.